The Labute approximate surface area is 162 Å². The van der Waals surface area contributed by atoms with E-state index in [9.17, 15) is 13.2 Å². The molecule has 2 saturated heterocycles. The van der Waals surface area contributed by atoms with Crippen LogP contribution in [-0.2, 0) is 14.6 Å². The second-order valence-electron chi connectivity index (χ2n) is 9.55. The summed E-state index contributed by atoms with van der Waals surface area (Å²) in [5, 5.41) is 0. The van der Waals surface area contributed by atoms with E-state index in [4.69, 9.17) is 0 Å². The Morgan fingerprint density at radius 2 is 1.56 bits per heavy atom. The van der Waals surface area contributed by atoms with Crippen molar-refractivity contribution in [3.8, 4) is 0 Å². The highest BCUT2D eigenvalue weighted by Gasteiger charge is 2.59. The molecule has 146 valence electrons. The van der Waals surface area contributed by atoms with Gasteiger partial charge < -0.3 is 4.90 Å². The zero-order valence-corrected chi connectivity index (χ0v) is 16.9. The van der Waals surface area contributed by atoms with Crippen LogP contribution < -0.4 is 0 Å². The number of sulfone groups is 1. The lowest BCUT2D eigenvalue weighted by Crippen LogP contribution is -2.60. The van der Waals surface area contributed by atoms with Crippen LogP contribution in [0.3, 0.4) is 0 Å². The van der Waals surface area contributed by atoms with E-state index in [1.54, 1.807) is 12.1 Å². The van der Waals surface area contributed by atoms with Crippen molar-refractivity contribution >= 4 is 15.7 Å². The molecule has 2 unspecified atom stereocenters. The van der Waals surface area contributed by atoms with E-state index in [1.165, 1.54) is 19.3 Å². The molecule has 2 aliphatic heterocycles. The first-order valence-corrected chi connectivity index (χ1v) is 12.0. The Hall–Kier alpha value is -1.36. The molecule has 4 bridgehead atoms. The lowest BCUT2D eigenvalue weighted by molar-refractivity contribution is -0.139. The van der Waals surface area contributed by atoms with Gasteiger partial charge in [0.05, 0.1) is 4.90 Å². The first-order chi connectivity index (χ1) is 12.9. The molecule has 6 rings (SSSR count). The van der Waals surface area contributed by atoms with Gasteiger partial charge in [-0.05, 0) is 88.2 Å². The predicted molar refractivity (Wildman–Crippen MR) is 104 cm³/mol. The number of nitrogens with zero attached hydrogens (tertiary/aromatic N) is 1. The highest BCUT2D eigenvalue weighted by molar-refractivity contribution is 7.93. The Bertz CT molecular complexity index is 842. The van der Waals surface area contributed by atoms with Gasteiger partial charge in [0.2, 0.25) is 5.91 Å². The number of carbonyl (C=O) groups is 1. The number of hydrogen-bond donors (Lipinski definition) is 0. The van der Waals surface area contributed by atoms with Crippen molar-refractivity contribution in [1.29, 1.82) is 0 Å². The molecular formula is C22H29NO3S. The van der Waals surface area contributed by atoms with Crippen LogP contribution in [-0.4, -0.2) is 36.6 Å². The summed E-state index contributed by atoms with van der Waals surface area (Å²) < 4.78 is 25.9. The van der Waals surface area contributed by atoms with E-state index < -0.39 is 14.6 Å². The topological polar surface area (TPSA) is 54.5 Å². The average molecular weight is 388 g/mol. The van der Waals surface area contributed by atoms with Crippen molar-refractivity contribution in [3.05, 3.63) is 29.8 Å². The summed E-state index contributed by atoms with van der Waals surface area (Å²) in [4.78, 5) is 16.1. The molecule has 0 spiro atoms. The van der Waals surface area contributed by atoms with Crippen LogP contribution in [0.5, 0.6) is 0 Å². The number of fused-ring (bicyclic) bond motifs is 1. The molecule has 1 aromatic carbocycles. The van der Waals surface area contributed by atoms with Gasteiger partial charge in [-0.3, -0.25) is 4.79 Å². The van der Waals surface area contributed by atoms with Crippen molar-refractivity contribution < 1.29 is 13.2 Å². The van der Waals surface area contributed by atoms with Crippen molar-refractivity contribution in [3.63, 3.8) is 0 Å². The SMILES string of the molecule is Cc1ccc(S(=O)(=O)C2(C(=O)N3CC4CC5CC(C4)CC3C5)CCC2)cc1. The third-order valence-electron chi connectivity index (χ3n) is 7.76. The summed E-state index contributed by atoms with van der Waals surface area (Å²) in [7, 11) is -3.66. The highest BCUT2D eigenvalue weighted by atomic mass is 32.2. The van der Waals surface area contributed by atoms with Crippen molar-refractivity contribution in [2.75, 3.05) is 6.54 Å². The molecule has 27 heavy (non-hydrogen) atoms. The van der Waals surface area contributed by atoms with Gasteiger partial charge in [-0.25, -0.2) is 8.42 Å². The van der Waals surface area contributed by atoms with E-state index in [-0.39, 0.29) is 11.9 Å². The highest BCUT2D eigenvalue weighted by Crippen LogP contribution is 2.50. The lowest BCUT2D eigenvalue weighted by atomic mass is 9.68. The number of benzene rings is 1. The summed E-state index contributed by atoms with van der Waals surface area (Å²) in [6.45, 7) is 2.73. The first-order valence-electron chi connectivity index (χ1n) is 10.5. The third-order valence-corrected chi connectivity index (χ3v) is 10.3. The minimum atomic E-state index is -3.66. The summed E-state index contributed by atoms with van der Waals surface area (Å²) in [5.41, 5.74) is 1.03. The molecule has 0 N–H and O–H groups in total. The zero-order chi connectivity index (χ0) is 18.8. The number of hydrogen-bond acceptors (Lipinski definition) is 3. The molecule has 5 aliphatic rings. The first kappa shape index (κ1) is 17.7. The predicted octanol–water partition coefficient (Wildman–Crippen LogP) is 3.73. The number of rotatable bonds is 3. The standard InChI is InChI=1S/C22H29NO3S/c1-15-3-5-20(6-4-15)27(25,26)22(7-2-8-22)21(24)23-14-18-10-16-9-17(11-18)13-19(23)12-16/h3-6,16-19H,2,7-14H2,1H3. The molecule has 0 radical (unpaired) electrons. The maximum atomic E-state index is 13.8. The third kappa shape index (κ3) is 2.60. The van der Waals surface area contributed by atoms with E-state index in [0.29, 0.717) is 23.7 Å². The normalized spacial score (nSPS) is 34.2. The Morgan fingerprint density at radius 3 is 2.11 bits per heavy atom. The van der Waals surface area contributed by atoms with Gasteiger partial charge >= 0.3 is 0 Å². The summed E-state index contributed by atoms with van der Waals surface area (Å²) in [6.07, 6.45) is 7.72. The van der Waals surface area contributed by atoms with Gasteiger partial charge in [0.15, 0.2) is 14.6 Å². The summed E-state index contributed by atoms with van der Waals surface area (Å²) >= 11 is 0. The average Bonchev–Trinajstić information content (AvgIpc) is 2.77. The second-order valence-corrected chi connectivity index (χ2v) is 11.8. The number of aryl methyl sites for hydroxylation is 1. The minimum Gasteiger partial charge on any atom is -0.338 e. The van der Waals surface area contributed by atoms with Gasteiger partial charge in [-0.15, -0.1) is 0 Å². The Morgan fingerprint density at radius 1 is 0.963 bits per heavy atom. The maximum Gasteiger partial charge on any atom is 0.244 e. The van der Waals surface area contributed by atoms with Gasteiger partial charge in [0, 0.05) is 12.6 Å². The smallest absolute Gasteiger partial charge is 0.244 e. The number of amides is 1. The van der Waals surface area contributed by atoms with Crippen LogP contribution in [0.2, 0.25) is 0 Å². The molecule has 2 atom stereocenters. The molecule has 1 amide bonds. The van der Waals surface area contributed by atoms with Crippen molar-refractivity contribution in [1.82, 2.24) is 4.90 Å². The Kier molecular flexibility index (Phi) is 3.98. The largest absolute Gasteiger partial charge is 0.338 e. The minimum absolute atomic E-state index is 0.0903. The quantitative estimate of drug-likeness (QED) is 0.794. The zero-order valence-electron chi connectivity index (χ0n) is 16.1. The van der Waals surface area contributed by atoms with Gasteiger partial charge in [0.25, 0.3) is 0 Å². The van der Waals surface area contributed by atoms with E-state index >= 15 is 0 Å². The lowest BCUT2D eigenvalue weighted by Gasteiger charge is -2.45. The van der Waals surface area contributed by atoms with Crippen LogP contribution in [0.25, 0.3) is 0 Å². The fourth-order valence-electron chi connectivity index (χ4n) is 6.33. The molecule has 5 heteroatoms. The molecule has 0 aromatic heterocycles. The van der Waals surface area contributed by atoms with Crippen LogP contribution in [0, 0.1) is 24.7 Å². The van der Waals surface area contributed by atoms with Crippen LogP contribution >= 0.6 is 0 Å². The number of carbonyl (C=O) groups excluding carboxylic acids is 1. The molecule has 2 heterocycles. The van der Waals surface area contributed by atoms with Gasteiger partial charge in [0.1, 0.15) is 0 Å². The van der Waals surface area contributed by atoms with Crippen LogP contribution in [0.4, 0.5) is 0 Å². The maximum absolute atomic E-state index is 13.8. The van der Waals surface area contributed by atoms with Crippen LogP contribution in [0.15, 0.2) is 29.2 Å². The Balaban J connectivity index is 1.50. The van der Waals surface area contributed by atoms with Crippen molar-refractivity contribution in [2.45, 2.75) is 74.0 Å². The summed E-state index contributed by atoms with van der Waals surface area (Å²) in [6, 6.07) is 7.27. The molecular weight excluding hydrogens is 358 g/mol. The monoisotopic (exact) mass is 387 g/mol. The van der Waals surface area contributed by atoms with Crippen LogP contribution in [0.1, 0.15) is 56.9 Å². The fraction of sp³-hybridized carbons (Fsp3) is 0.682. The van der Waals surface area contributed by atoms with Crippen molar-refractivity contribution in [2.24, 2.45) is 17.8 Å². The fourth-order valence-corrected chi connectivity index (χ4v) is 8.45. The van der Waals surface area contributed by atoms with E-state index in [0.717, 1.165) is 43.2 Å². The molecule has 4 nitrogen and oxygen atoms in total. The summed E-state index contributed by atoms with van der Waals surface area (Å²) in [5.74, 6) is 1.98. The molecule has 5 fully saturated rings. The van der Waals surface area contributed by atoms with Gasteiger partial charge in [-0.1, -0.05) is 17.7 Å². The molecule has 3 saturated carbocycles. The van der Waals surface area contributed by atoms with Gasteiger partial charge in [-0.2, -0.15) is 0 Å². The second kappa shape index (κ2) is 6.07. The van der Waals surface area contributed by atoms with E-state index in [1.807, 2.05) is 24.0 Å². The van der Waals surface area contributed by atoms with E-state index in [2.05, 4.69) is 0 Å². The molecule has 1 aromatic rings. The molecule has 3 aliphatic carbocycles.